The third-order valence-corrected chi connectivity index (χ3v) is 17.5. The minimum absolute atomic E-state index is 0.105. The molecule has 0 aliphatic carbocycles. The van der Waals surface area contributed by atoms with Gasteiger partial charge in [0.25, 0.3) is 0 Å². The number of carbonyl (C=O) groups excluding carboxylic acids is 4. The van der Waals surface area contributed by atoms with Crippen molar-refractivity contribution in [1.29, 1.82) is 0 Å². The van der Waals surface area contributed by atoms with Crippen LogP contribution in [0.3, 0.4) is 0 Å². The van der Waals surface area contributed by atoms with E-state index in [9.17, 15) is 43.2 Å². The summed E-state index contributed by atoms with van der Waals surface area (Å²) < 4.78 is 68.1. The van der Waals surface area contributed by atoms with Gasteiger partial charge in [-0.25, -0.2) is 9.13 Å². The molecule has 0 saturated carbocycles. The Hall–Kier alpha value is -1.94. The first kappa shape index (κ1) is 85.1. The number of hydrogen-bond acceptors (Lipinski definition) is 15. The third kappa shape index (κ3) is 62.6. The molecule has 516 valence electrons. The second-order valence-electron chi connectivity index (χ2n) is 26.0. The lowest BCUT2D eigenvalue weighted by Crippen LogP contribution is -2.30. The van der Waals surface area contributed by atoms with Crippen molar-refractivity contribution in [3.63, 3.8) is 0 Å². The normalized spacial score (nSPS) is 14.3. The molecule has 0 heterocycles. The van der Waals surface area contributed by atoms with Crippen LogP contribution < -0.4 is 0 Å². The average molecular weight is 1280 g/mol. The minimum Gasteiger partial charge on any atom is -0.462 e. The fraction of sp³-hybridized carbons (Fsp3) is 0.941. The molecule has 0 aromatic carbocycles. The number of rotatable bonds is 66. The van der Waals surface area contributed by atoms with E-state index < -0.39 is 97.5 Å². The molecule has 17 nitrogen and oxygen atoms in total. The number of hydrogen-bond donors (Lipinski definition) is 3. The first-order valence-corrected chi connectivity index (χ1v) is 38.3. The van der Waals surface area contributed by atoms with Crippen molar-refractivity contribution in [3.05, 3.63) is 0 Å². The number of unbranched alkanes of at least 4 members (excludes halogenated alkanes) is 34. The zero-order chi connectivity index (χ0) is 64.5. The first-order valence-electron chi connectivity index (χ1n) is 35.3. The maximum Gasteiger partial charge on any atom is 0.472 e. The highest BCUT2D eigenvalue weighted by Gasteiger charge is 2.30. The molecule has 0 aromatic rings. The maximum absolute atomic E-state index is 13.0. The molecule has 0 spiro atoms. The van der Waals surface area contributed by atoms with Crippen LogP contribution in [0.5, 0.6) is 0 Å². The second kappa shape index (κ2) is 59.1. The molecule has 0 radical (unpaired) electrons. The van der Waals surface area contributed by atoms with Crippen molar-refractivity contribution >= 4 is 39.5 Å². The Morgan fingerprint density at radius 1 is 0.310 bits per heavy atom. The number of ether oxygens (including phenoxy) is 4. The van der Waals surface area contributed by atoms with Crippen molar-refractivity contribution in [2.45, 2.75) is 356 Å². The summed E-state index contributed by atoms with van der Waals surface area (Å²) in [5, 5.41) is 10.6. The van der Waals surface area contributed by atoms with E-state index in [0.717, 1.165) is 120 Å². The summed E-state index contributed by atoms with van der Waals surface area (Å²) in [6, 6.07) is 0. The van der Waals surface area contributed by atoms with Crippen molar-refractivity contribution in [3.8, 4) is 0 Å². The molecule has 5 atom stereocenters. The zero-order valence-corrected chi connectivity index (χ0v) is 58.3. The van der Waals surface area contributed by atoms with Crippen LogP contribution in [0.25, 0.3) is 0 Å². The second-order valence-corrected chi connectivity index (χ2v) is 28.9. The molecule has 0 aliphatic rings. The minimum atomic E-state index is -4.95. The Balaban J connectivity index is 5.22. The van der Waals surface area contributed by atoms with Gasteiger partial charge in [-0.3, -0.25) is 37.3 Å². The third-order valence-electron chi connectivity index (χ3n) is 15.6. The van der Waals surface area contributed by atoms with Crippen LogP contribution in [-0.2, 0) is 65.4 Å². The predicted molar refractivity (Wildman–Crippen MR) is 349 cm³/mol. The Bertz CT molecular complexity index is 1720. The van der Waals surface area contributed by atoms with Crippen molar-refractivity contribution < 1.29 is 80.2 Å². The summed E-state index contributed by atoms with van der Waals surface area (Å²) >= 11 is 0. The van der Waals surface area contributed by atoms with E-state index in [2.05, 4.69) is 48.5 Å². The van der Waals surface area contributed by atoms with E-state index >= 15 is 0 Å². The summed E-state index contributed by atoms with van der Waals surface area (Å²) in [7, 11) is -9.89. The SMILES string of the molecule is CCCCCCCCCC(=O)OC[C@H](COP(=O)(O)OC[C@H](O)COP(=O)(O)OC[C@@H](COC(=O)CCCCCCCCCCCCC(C)C)OC(=O)CCCCCCCCCCCCCC(C)C)OC(=O)CCCCCCCCCCCCC(C)C. The van der Waals surface area contributed by atoms with Gasteiger partial charge in [-0.05, 0) is 43.4 Å². The summed E-state index contributed by atoms with van der Waals surface area (Å²) in [5.41, 5.74) is 0. The van der Waals surface area contributed by atoms with Crippen LogP contribution in [0, 0.1) is 17.8 Å². The average Bonchev–Trinajstić information content (AvgIpc) is 3.69. The van der Waals surface area contributed by atoms with Gasteiger partial charge in [0.2, 0.25) is 0 Å². The molecule has 0 aliphatic heterocycles. The highest BCUT2D eigenvalue weighted by molar-refractivity contribution is 7.47. The van der Waals surface area contributed by atoms with E-state index in [1.165, 1.54) is 135 Å². The Labute approximate surface area is 530 Å². The number of carbonyl (C=O) groups is 4. The molecule has 0 bridgehead atoms. The first-order chi connectivity index (χ1) is 41.7. The van der Waals surface area contributed by atoms with Crippen LogP contribution in [0.2, 0.25) is 0 Å². The molecule has 3 N–H and O–H groups in total. The lowest BCUT2D eigenvalue weighted by atomic mass is 10.0. The molecule has 0 rings (SSSR count). The van der Waals surface area contributed by atoms with Crippen molar-refractivity contribution in [1.82, 2.24) is 0 Å². The van der Waals surface area contributed by atoms with Crippen LogP contribution in [0.4, 0.5) is 0 Å². The largest absolute Gasteiger partial charge is 0.472 e. The fourth-order valence-corrected chi connectivity index (χ4v) is 11.8. The van der Waals surface area contributed by atoms with Crippen molar-refractivity contribution in [2.24, 2.45) is 17.8 Å². The molecule has 19 heteroatoms. The Kier molecular flexibility index (Phi) is 57.8. The van der Waals surface area contributed by atoms with Gasteiger partial charge in [0.15, 0.2) is 12.2 Å². The number of aliphatic hydroxyl groups is 1. The lowest BCUT2D eigenvalue weighted by Gasteiger charge is -2.21. The van der Waals surface area contributed by atoms with E-state index in [1.54, 1.807) is 0 Å². The number of phosphoric acid groups is 2. The fourth-order valence-electron chi connectivity index (χ4n) is 10.2. The van der Waals surface area contributed by atoms with Crippen LogP contribution in [0.1, 0.15) is 337 Å². The van der Waals surface area contributed by atoms with Gasteiger partial charge in [0.1, 0.15) is 19.3 Å². The van der Waals surface area contributed by atoms with Gasteiger partial charge in [0, 0.05) is 25.7 Å². The highest BCUT2D eigenvalue weighted by atomic mass is 31.2. The van der Waals surface area contributed by atoms with E-state index in [1.807, 2.05) is 0 Å². The van der Waals surface area contributed by atoms with E-state index in [-0.39, 0.29) is 25.7 Å². The molecule has 0 fully saturated rings. The topological polar surface area (TPSA) is 237 Å². The summed E-state index contributed by atoms with van der Waals surface area (Å²) in [5.74, 6) is 0.143. The maximum atomic E-state index is 13.0. The van der Waals surface area contributed by atoms with Gasteiger partial charge in [-0.15, -0.1) is 0 Å². The molecule has 0 aromatic heterocycles. The number of aliphatic hydroxyl groups excluding tert-OH is 1. The summed E-state index contributed by atoms with van der Waals surface area (Å²) in [6.07, 6.45) is 41.7. The van der Waals surface area contributed by atoms with E-state index in [0.29, 0.717) is 25.7 Å². The van der Waals surface area contributed by atoms with E-state index in [4.69, 9.17) is 37.0 Å². The molecule has 2 unspecified atom stereocenters. The van der Waals surface area contributed by atoms with Gasteiger partial charge in [-0.1, -0.05) is 286 Å². The molecule has 0 amide bonds. The Morgan fingerprint density at radius 2 is 0.529 bits per heavy atom. The van der Waals surface area contributed by atoms with Crippen LogP contribution in [0.15, 0.2) is 0 Å². The number of esters is 4. The number of phosphoric ester groups is 2. The lowest BCUT2D eigenvalue weighted by molar-refractivity contribution is -0.161. The van der Waals surface area contributed by atoms with Crippen LogP contribution >= 0.6 is 15.6 Å². The molecule has 0 saturated heterocycles. The van der Waals surface area contributed by atoms with Gasteiger partial charge in [0.05, 0.1) is 26.4 Å². The van der Waals surface area contributed by atoms with Gasteiger partial charge in [-0.2, -0.15) is 0 Å². The molecular weight excluding hydrogens is 1150 g/mol. The standard InChI is InChI=1S/C68H132O17P2/c1-8-9-10-11-25-35-42-49-65(70)78-55-63(84-68(73)52-45-38-31-24-18-16-21-28-34-41-48-61(6)7)57-82-86(74,75)80-53-62(69)54-81-87(76,77)83-58-64(56-79-66(71)50-43-36-29-22-17-15-20-27-33-40-47-60(4)5)85-67(72)51-44-37-30-23-14-12-13-19-26-32-39-46-59(2)3/h59-64,69H,8-58H2,1-7H3,(H,74,75)(H,76,77)/t62-,63+,64+/m0/s1. The smallest absolute Gasteiger partial charge is 0.462 e. The summed E-state index contributed by atoms with van der Waals surface area (Å²) in [6.45, 7) is 11.8. The quantitative estimate of drug-likeness (QED) is 0.0222. The van der Waals surface area contributed by atoms with Gasteiger partial charge < -0.3 is 33.8 Å². The molecule has 87 heavy (non-hydrogen) atoms. The predicted octanol–water partition coefficient (Wildman–Crippen LogP) is 19.1. The van der Waals surface area contributed by atoms with Crippen molar-refractivity contribution in [2.75, 3.05) is 39.6 Å². The highest BCUT2D eigenvalue weighted by Crippen LogP contribution is 2.45. The zero-order valence-electron chi connectivity index (χ0n) is 56.5. The monoisotopic (exact) mass is 1280 g/mol. The van der Waals surface area contributed by atoms with Gasteiger partial charge >= 0.3 is 39.5 Å². The Morgan fingerprint density at radius 3 is 0.782 bits per heavy atom. The van der Waals surface area contributed by atoms with Crippen LogP contribution in [-0.4, -0.2) is 96.7 Å². The summed E-state index contributed by atoms with van der Waals surface area (Å²) in [4.78, 5) is 72.3. The molecular formula is C68H132O17P2.